The Labute approximate surface area is 136 Å². The first-order valence-corrected chi connectivity index (χ1v) is 8.00. The molecule has 2 atom stereocenters. The van der Waals surface area contributed by atoms with Crippen LogP contribution >= 0.6 is 0 Å². The van der Waals surface area contributed by atoms with Gasteiger partial charge in [-0.15, -0.1) is 10.2 Å². The number of esters is 1. The Bertz CT molecular complexity index is 643. The van der Waals surface area contributed by atoms with Gasteiger partial charge in [-0.05, 0) is 31.4 Å². The van der Waals surface area contributed by atoms with E-state index in [2.05, 4.69) is 15.5 Å². The van der Waals surface area contributed by atoms with Gasteiger partial charge in [0.2, 0.25) is 0 Å². The summed E-state index contributed by atoms with van der Waals surface area (Å²) in [4.78, 5) is 11.7. The molecule has 1 aliphatic rings. The van der Waals surface area contributed by atoms with Gasteiger partial charge in [0.25, 0.3) is 0 Å². The lowest BCUT2D eigenvalue weighted by Crippen LogP contribution is -2.31. The molecule has 1 fully saturated rings. The van der Waals surface area contributed by atoms with Crippen LogP contribution in [0.25, 0.3) is 11.3 Å². The highest BCUT2D eigenvalue weighted by molar-refractivity contribution is 5.72. The highest BCUT2D eigenvalue weighted by Gasteiger charge is 2.28. The third kappa shape index (κ3) is 3.86. The monoisotopic (exact) mass is 311 g/mol. The van der Waals surface area contributed by atoms with E-state index < -0.39 is 0 Å². The second-order valence-corrected chi connectivity index (χ2v) is 5.90. The van der Waals surface area contributed by atoms with Crippen LogP contribution in [0.4, 0.5) is 5.82 Å². The second-order valence-electron chi connectivity index (χ2n) is 5.90. The number of nitrogens with zero attached hydrogens (tertiary/aromatic N) is 2. The van der Waals surface area contributed by atoms with E-state index in [-0.39, 0.29) is 17.9 Å². The molecule has 1 aliphatic carbocycles. The number of methoxy groups -OCH3 is 1. The minimum absolute atomic E-state index is 0.0113. The average Bonchev–Trinajstić information content (AvgIpc) is 2.62. The van der Waals surface area contributed by atoms with Crippen molar-refractivity contribution < 1.29 is 9.53 Å². The summed E-state index contributed by atoms with van der Waals surface area (Å²) in [6.45, 7) is 0. The molecule has 0 saturated heterocycles. The number of anilines is 1. The fraction of sp³-hybridized carbons (Fsp3) is 0.389. The predicted molar refractivity (Wildman–Crippen MR) is 88.9 cm³/mol. The number of aromatic nitrogens is 2. The Balaban J connectivity index is 1.63. The van der Waals surface area contributed by atoms with Crippen molar-refractivity contribution in [2.75, 3.05) is 12.4 Å². The third-order valence-corrected chi connectivity index (χ3v) is 4.29. The van der Waals surface area contributed by atoms with Crippen LogP contribution in [0.2, 0.25) is 0 Å². The number of carbonyl (C=O) groups excluding carboxylic acids is 1. The molecule has 1 saturated carbocycles. The third-order valence-electron chi connectivity index (χ3n) is 4.29. The van der Waals surface area contributed by atoms with Crippen molar-refractivity contribution in [3.05, 3.63) is 42.5 Å². The Hall–Kier alpha value is -2.43. The van der Waals surface area contributed by atoms with Gasteiger partial charge in [0.05, 0.1) is 18.7 Å². The average molecular weight is 311 g/mol. The van der Waals surface area contributed by atoms with E-state index >= 15 is 0 Å². The van der Waals surface area contributed by atoms with Crippen molar-refractivity contribution >= 4 is 11.8 Å². The molecule has 0 bridgehead atoms. The predicted octanol–water partition coefficient (Wildman–Crippen LogP) is 3.29. The Kier molecular flexibility index (Phi) is 4.86. The number of hydrogen-bond donors (Lipinski definition) is 1. The van der Waals surface area contributed by atoms with Gasteiger partial charge in [-0.3, -0.25) is 4.79 Å². The van der Waals surface area contributed by atoms with E-state index in [1.807, 2.05) is 42.5 Å². The molecular weight excluding hydrogens is 290 g/mol. The fourth-order valence-corrected chi connectivity index (χ4v) is 3.08. The van der Waals surface area contributed by atoms with E-state index in [1.54, 1.807) is 0 Å². The van der Waals surface area contributed by atoms with E-state index in [0.29, 0.717) is 0 Å². The van der Waals surface area contributed by atoms with Gasteiger partial charge in [0.1, 0.15) is 5.82 Å². The van der Waals surface area contributed by atoms with Crippen molar-refractivity contribution in [3.63, 3.8) is 0 Å². The lowest BCUT2D eigenvalue weighted by atomic mass is 9.86. The van der Waals surface area contributed by atoms with Crippen LogP contribution in [0.3, 0.4) is 0 Å². The molecule has 0 spiro atoms. The van der Waals surface area contributed by atoms with Crippen molar-refractivity contribution in [2.45, 2.75) is 31.7 Å². The van der Waals surface area contributed by atoms with Gasteiger partial charge in [-0.2, -0.15) is 0 Å². The van der Waals surface area contributed by atoms with E-state index in [1.165, 1.54) is 7.11 Å². The molecule has 23 heavy (non-hydrogen) atoms. The topological polar surface area (TPSA) is 64.1 Å². The minimum Gasteiger partial charge on any atom is -0.469 e. The summed E-state index contributed by atoms with van der Waals surface area (Å²) < 4.78 is 4.86. The first-order valence-electron chi connectivity index (χ1n) is 8.00. The quantitative estimate of drug-likeness (QED) is 0.878. The number of nitrogens with one attached hydrogen (secondary N) is 1. The largest absolute Gasteiger partial charge is 0.469 e. The van der Waals surface area contributed by atoms with Crippen LogP contribution in [0.1, 0.15) is 25.7 Å². The van der Waals surface area contributed by atoms with Crippen molar-refractivity contribution in [2.24, 2.45) is 5.92 Å². The number of benzene rings is 1. The second kappa shape index (κ2) is 7.22. The van der Waals surface area contributed by atoms with E-state index in [0.717, 1.165) is 42.8 Å². The molecule has 5 nitrogen and oxygen atoms in total. The lowest BCUT2D eigenvalue weighted by Gasteiger charge is -2.28. The molecule has 1 aromatic heterocycles. The molecule has 2 aromatic rings. The summed E-state index contributed by atoms with van der Waals surface area (Å²) in [5.74, 6) is 0.630. The summed E-state index contributed by atoms with van der Waals surface area (Å²) in [5.41, 5.74) is 1.90. The molecule has 1 heterocycles. The first-order chi connectivity index (χ1) is 11.3. The molecule has 0 radical (unpaired) electrons. The normalized spacial score (nSPS) is 20.7. The van der Waals surface area contributed by atoms with Crippen LogP contribution in [-0.2, 0) is 9.53 Å². The van der Waals surface area contributed by atoms with Gasteiger partial charge in [-0.25, -0.2) is 0 Å². The maximum Gasteiger partial charge on any atom is 0.308 e. The van der Waals surface area contributed by atoms with Crippen molar-refractivity contribution in [1.29, 1.82) is 0 Å². The molecule has 120 valence electrons. The highest BCUT2D eigenvalue weighted by atomic mass is 16.5. The highest BCUT2D eigenvalue weighted by Crippen LogP contribution is 2.27. The zero-order valence-corrected chi connectivity index (χ0v) is 13.2. The molecule has 5 heteroatoms. The standard InChI is InChI=1S/C18H21N3O2/c1-23-18(22)14-8-5-9-15(12-14)19-17-11-10-16(20-21-17)13-6-3-2-4-7-13/h2-4,6-7,10-11,14-15H,5,8-9,12H2,1H3,(H,19,21). The van der Waals surface area contributed by atoms with Gasteiger partial charge < -0.3 is 10.1 Å². The van der Waals surface area contributed by atoms with Crippen LogP contribution in [0.15, 0.2) is 42.5 Å². The van der Waals surface area contributed by atoms with Crippen molar-refractivity contribution in [3.8, 4) is 11.3 Å². The maximum atomic E-state index is 11.7. The Morgan fingerprint density at radius 1 is 1.13 bits per heavy atom. The molecule has 0 aliphatic heterocycles. The SMILES string of the molecule is COC(=O)C1CCCC(Nc2ccc(-c3ccccc3)nn2)C1. The van der Waals surface area contributed by atoms with Crippen LogP contribution in [0.5, 0.6) is 0 Å². The van der Waals surface area contributed by atoms with Gasteiger partial charge in [0, 0.05) is 11.6 Å². The lowest BCUT2D eigenvalue weighted by molar-refractivity contribution is -0.146. The Morgan fingerprint density at radius 3 is 2.65 bits per heavy atom. The molecular formula is C18H21N3O2. The number of ether oxygens (including phenoxy) is 1. The first kappa shape index (κ1) is 15.5. The van der Waals surface area contributed by atoms with Crippen LogP contribution < -0.4 is 5.32 Å². The summed E-state index contributed by atoms with van der Waals surface area (Å²) in [6, 6.07) is 14.1. The van der Waals surface area contributed by atoms with Crippen LogP contribution in [0, 0.1) is 5.92 Å². The zero-order chi connectivity index (χ0) is 16.1. The minimum atomic E-state index is -0.109. The number of carbonyl (C=O) groups is 1. The fourth-order valence-electron chi connectivity index (χ4n) is 3.08. The van der Waals surface area contributed by atoms with Gasteiger partial charge >= 0.3 is 5.97 Å². The van der Waals surface area contributed by atoms with Crippen LogP contribution in [-0.4, -0.2) is 29.3 Å². The number of hydrogen-bond acceptors (Lipinski definition) is 5. The maximum absolute atomic E-state index is 11.7. The van der Waals surface area contributed by atoms with Gasteiger partial charge in [0.15, 0.2) is 0 Å². The van der Waals surface area contributed by atoms with Gasteiger partial charge in [-0.1, -0.05) is 36.8 Å². The number of rotatable bonds is 4. The molecule has 0 amide bonds. The smallest absolute Gasteiger partial charge is 0.308 e. The van der Waals surface area contributed by atoms with E-state index in [4.69, 9.17) is 4.74 Å². The van der Waals surface area contributed by atoms with Crippen molar-refractivity contribution in [1.82, 2.24) is 10.2 Å². The Morgan fingerprint density at radius 2 is 1.96 bits per heavy atom. The zero-order valence-electron chi connectivity index (χ0n) is 13.2. The summed E-state index contributed by atoms with van der Waals surface area (Å²) in [7, 11) is 1.45. The summed E-state index contributed by atoms with van der Waals surface area (Å²) in [5, 5.41) is 11.9. The summed E-state index contributed by atoms with van der Waals surface area (Å²) >= 11 is 0. The molecule has 1 N–H and O–H groups in total. The molecule has 1 aromatic carbocycles. The molecule has 2 unspecified atom stereocenters. The summed E-state index contributed by atoms with van der Waals surface area (Å²) in [6.07, 6.45) is 3.75. The van der Waals surface area contributed by atoms with E-state index in [9.17, 15) is 4.79 Å². The molecule has 3 rings (SSSR count).